The summed E-state index contributed by atoms with van der Waals surface area (Å²) in [5, 5.41) is 17.3. The third-order valence-corrected chi connectivity index (χ3v) is 3.11. The summed E-state index contributed by atoms with van der Waals surface area (Å²) in [5.74, 6) is 1.41. The molecule has 7 heteroatoms. The Hall–Kier alpha value is -2.70. The molecule has 0 aliphatic carbocycles. The molecule has 0 bridgehead atoms. The molecule has 23 heavy (non-hydrogen) atoms. The molecule has 0 saturated carbocycles. The maximum atomic E-state index is 11.5. The van der Waals surface area contributed by atoms with E-state index in [2.05, 4.69) is 38.1 Å². The molecule has 0 aliphatic heterocycles. The van der Waals surface area contributed by atoms with Gasteiger partial charge in [-0.2, -0.15) is 0 Å². The molecule has 0 atom stereocenters. The Labute approximate surface area is 135 Å². The van der Waals surface area contributed by atoms with Gasteiger partial charge in [0.05, 0.1) is 11.9 Å². The fraction of sp³-hybridized carbons (Fsp3) is 0.375. The Kier molecular flexibility index (Phi) is 6.77. The Morgan fingerprint density at radius 2 is 1.96 bits per heavy atom. The fourth-order valence-corrected chi connectivity index (χ4v) is 1.90. The standard InChI is InChI=1S/C16H22N6O/c1-2-3-6-16(23)19-11-10-18-14-7-8-15(22-21-14)20-13-5-4-9-17-12-13/h4-5,7-9,12H,2-3,6,10-11H2,1H3,(H,18,21)(H,19,23)(H,20,22). The number of carbonyl (C=O) groups excluding carboxylic acids is 1. The van der Waals surface area contributed by atoms with Crippen LogP contribution in [0.3, 0.4) is 0 Å². The molecule has 0 fully saturated rings. The molecule has 0 unspecified atom stereocenters. The monoisotopic (exact) mass is 314 g/mol. The van der Waals surface area contributed by atoms with E-state index < -0.39 is 0 Å². The summed E-state index contributed by atoms with van der Waals surface area (Å²) in [7, 11) is 0. The number of unbranched alkanes of at least 4 members (excludes halogenated alkanes) is 1. The number of nitrogens with zero attached hydrogens (tertiary/aromatic N) is 3. The van der Waals surface area contributed by atoms with Crippen LogP contribution < -0.4 is 16.0 Å². The number of anilines is 3. The van der Waals surface area contributed by atoms with Crippen molar-refractivity contribution in [3.63, 3.8) is 0 Å². The van der Waals surface area contributed by atoms with Gasteiger partial charge in [0.25, 0.3) is 0 Å². The van der Waals surface area contributed by atoms with Gasteiger partial charge in [0.15, 0.2) is 5.82 Å². The lowest BCUT2D eigenvalue weighted by Gasteiger charge is -2.08. The molecule has 7 nitrogen and oxygen atoms in total. The smallest absolute Gasteiger partial charge is 0.220 e. The SMILES string of the molecule is CCCCC(=O)NCCNc1ccc(Nc2cccnc2)nn1. The van der Waals surface area contributed by atoms with Gasteiger partial charge in [-0.05, 0) is 30.7 Å². The molecule has 2 aromatic heterocycles. The highest BCUT2D eigenvalue weighted by molar-refractivity contribution is 5.75. The van der Waals surface area contributed by atoms with E-state index in [0.717, 1.165) is 18.5 Å². The van der Waals surface area contributed by atoms with Crippen LogP contribution in [0.1, 0.15) is 26.2 Å². The van der Waals surface area contributed by atoms with Gasteiger partial charge >= 0.3 is 0 Å². The first-order chi connectivity index (χ1) is 11.3. The molecule has 3 N–H and O–H groups in total. The highest BCUT2D eigenvalue weighted by atomic mass is 16.1. The van der Waals surface area contributed by atoms with Gasteiger partial charge in [0, 0.05) is 25.7 Å². The summed E-state index contributed by atoms with van der Waals surface area (Å²) in [6.07, 6.45) is 5.97. The first-order valence-corrected chi connectivity index (χ1v) is 7.79. The summed E-state index contributed by atoms with van der Waals surface area (Å²) in [5.41, 5.74) is 0.859. The van der Waals surface area contributed by atoms with E-state index in [4.69, 9.17) is 0 Å². The van der Waals surface area contributed by atoms with Gasteiger partial charge in [-0.1, -0.05) is 13.3 Å². The lowest BCUT2D eigenvalue weighted by molar-refractivity contribution is -0.121. The molecule has 1 amide bonds. The molecule has 0 saturated heterocycles. The van der Waals surface area contributed by atoms with Crippen LogP contribution >= 0.6 is 0 Å². The first kappa shape index (κ1) is 16.7. The second kappa shape index (κ2) is 9.34. The van der Waals surface area contributed by atoms with Gasteiger partial charge in [-0.3, -0.25) is 9.78 Å². The summed E-state index contributed by atoms with van der Waals surface area (Å²) in [6, 6.07) is 7.43. The predicted octanol–water partition coefficient (Wildman–Crippen LogP) is 2.33. The van der Waals surface area contributed by atoms with E-state index in [1.807, 2.05) is 24.3 Å². The number of pyridine rings is 1. The average molecular weight is 314 g/mol. The van der Waals surface area contributed by atoms with Crippen LogP contribution in [-0.2, 0) is 4.79 Å². The Bertz CT molecular complexity index is 587. The van der Waals surface area contributed by atoms with E-state index in [-0.39, 0.29) is 5.91 Å². The van der Waals surface area contributed by atoms with Crippen molar-refractivity contribution in [3.8, 4) is 0 Å². The largest absolute Gasteiger partial charge is 0.367 e. The molecule has 2 rings (SSSR count). The zero-order valence-corrected chi connectivity index (χ0v) is 13.2. The number of carbonyl (C=O) groups is 1. The van der Waals surface area contributed by atoms with Crippen LogP contribution in [0.15, 0.2) is 36.7 Å². The zero-order valence-electron chi connectivity index (χ0n) is 13.2. The summed E-state index contributed by atoms with van der Waals surface area (Å²) in [6.45, 7) is 3.25. The van der Waals surface area contributed by atoms with Crippen LogP contribution in [-0.4, -0.2) is 34.2 Å². The third-order valence-electron chi connectivity index (χ3n) is 3.11. The van der Waals surface area contributed by atoms with E-state index in [9.17, 15) is 4.79 Å². The zero-order chi connectivity index (χ0) is 16.3. The first-order valence-electron chi connectivity index (χ1n) is 7.79. The number of nitrogens with one attached hydrogen (secondary N) is 3. The molecule has 0 aromatic carbocycles. The minimum absolute atomic E-state index is 0.0933. The normalized spacial score (nSPS) is 10.1. The highest BCUT2D eigenvalue weighted by Gasteiger charge is 2.00. The topological polar surface area (TPSA) is 91.8 Å². The highest BCUT2D eigenvalue weighted by Crippen LogP contribution is 2.12. The number of aromatic nitrogens is 3. The third kappa shape index (κ3) is 6.29. The number of hydrogen-bond acceptors (Lipinski definition) is 6. The van der Waals surface area contributed by atoms with Crippen LogP contribution in [0.25, 0.3) is 0 Å². The Morgan fingerprint density at radius 1 is 1.13 bits per heavy atom. The van der Waals surface area contributed by atoms with Crippen LogP contribution in [0.2, 0.25) is 0 Å². The molecule has 2 heterocycles. The minimum atomic E-state index is 0.0933. The van der Waals surface area contributed by atoms with E-state index in [0.29, 0.717) is 31.1 Å². The van der Waals surface area contributed by atoms with Gasteiger partial charge < -0.3 is 16.0 Å². The average Bonchev–Trinajstić information content (AvgIpc) is 2.59. The second-order valence-corrected chi connectivity index (χ2v) is 5.05. The van der Waals surface area contributed by atoms with Crippen molar-refractivity contribution in [1.29, 1.82) is 0 Å². The Morgan fingerprint density at radius 3 is 2.65 bits per heavy atom. The summed E-state index contributed by atoms with van der Waals surface area (Å²) in [4.78, 5) is 15.5. The number of rotatable bonds is 9. The van der Waals surface area contributed by atoms with Crippen molar-refractivity contribution in [2.75, 3.05) is 23.7 Å². The van der Waals surface area contributed by atoms with E-state index in [1.54, 1.807) is 12.4 Å². The predicted molar refractivity (Wildman–Crippen MR) is 90.6 cm³/mol. The van der Waals surface area contributed by atoms with Gasteiger partial charge in [-0.15, -0.1) is 10.2 Å². The number of hydrogen-bond donors (Lipinski definition) is 3. The van der Waals surface area contributed by atoms with Crippen molar-refractivity contribution in [3.05, 3.63) is 36.7 Å². The van der Waals surface area contributed by atoms with Crippen molar-refractivity contribution < 1.29 is 4.79 Å². The van der Waals surface area contributed by atoms with Crippen molar-refractivity contribution in [2.45, 2.75) is 26.2 Å². The van der Waals surface area contributed by atoms with Crippen LogP contribution in [0.5, 0.6) is 0 Å². The molecule has 0 aliphatic rings. The Balaban J connectivity index is 1.70. The molecule has 122 valence electrons. The maximum Gasteiger partial charge on any atom is 0.220 e. The quantitative estimate of drug-likeness (QED) is 0.615. The molecular formula is C16H22N6O. The van der Waals surface area contributed by atoms with Gasteiger partial charge in [0.1, 0.15) is 5.82 Å². The lowest BCUT2D eigenvalue weighted by Crippen LogP contribution is -2.28. The molecule has 0 radical (unpaired) electrons. The summed E-state index contributed by atoms with van der Waals surface area (Å²) < 4.78 is 0. The molecule has 2 aromatic rings. The minimum Gasteiger partial charge on any atom is -0.367 e. The maximum absolute atomic E-state index is 11.5. The number of amides is 1. The molecular weight excluding hydrogens is 292 g/mol. The lowest BCUT2D eigenvalue weighted by atomic mass is 10.2. The fourth-order valence-electron chi connectivity index (χ4n) is 1.90. The summed E-state index contributed by atoms with van der Waals surface area (Å²) >= 11 is 0. The van der Waals surface area contributed by atoms with E-state index in [1.165, 1.54) is 0 Å². The molecule has 0 spiro atoms. The van der Waals surface area contributed by atoms with Crippen LogP contribution in [0.4, 0.5) is 17.3 Å². The van der Waals surface area contributed by atoms with Crippen LogP contribution in [0, 0.1) is 0 Å². The van der Waals surface area contributed by atoms with Gasteiger partial charge in [-0.25, -0.2) is 0 Å². The van der Waals surface area contributed by atoms with E-state index >= 15 is 0 Å². The second-order valence-electron chi connectivity index (χ2n) is 5.05. The van der Waals surface area contributed by atoms with Crippen molar-refractivity contribution >= 4 is 23.2 Å². The van der Waals surface area contributed by atoms with Crippen molar-refractivity contribution in [1.82, 2.24) is 20.5 Å². The van der Waals surface area contributed by atoms with Crippen molar-refractivity contribution in [2.24, 2.45) is 0 Å². The van der Waals surface area contributed by atoms with Gasteiger partial charge in [0.2, 0.25) is 5.91 Å².